The Morgan fingerprint density at radius 1 is 1.62 bits per heavy atom. The first kappa shape index (κ1) is 12.3. The minimum atomic E-state index is 0.0757. The molecule has 86 valence electrons. The fourth-order valence-electron chi connectivity index (χ4n) is 1.73. The van der Waals surface area contributed by atoms with Crippen LogP contribution in [0.25, 0.3) is 0 Å². The summed E-state index contributed by atoms with van der Waals surface area (Å²) in [6, 6.07) is 0. The molecular weight excluding hydrogens is 359 g/mol. The molecule has 6 heteroatoms. The predicted octanol–water partition coefficient (Wildman–Crippen LogP) is 3.31. The van der Waals surface area contributed by atoms with Gasteiger partial charge in [-0.3, -0.25) is 4.79 Å². The summed E-state index contributed by atoms with van der Waals surface area (Å²) in [7, 11) is 0. The molecule has 2 heterocycles. The van der Waals surface area contributed by atoms with Crippen molar-refractivity contribution < 1.29 is 4.79 Å². The molecule has 0 radical (unpaired) electrons. The van der Waals surface area contributed by atoms with Gasteiger partial charge >= 0.3 is 0 Å². The van der Waals surface area contributed by atoms with E-state index in [1.54, 1.807) is 11.1 Å². The first-order chi connectivity index (χ1) is 7.50. The number of alkyl halides is 1. The molecule has 1 amide bonds. The van der Waals surface area contributed by atoms with Gasteiger partial charge in [0.25, 0.3) is 0 Å². The molecule has 1 atom stereocenters. The van der Waals surface area contributed by atoms with Gasteiger partial charge in [-0.1, -0.05) is 27.5 Å². The van der Waals surface area contributed by atoms with Crippen molar-refractivity contribution in [3.05, 3.63) is 21.4 Å². The first-order valence-corrected chi connectivity index (χ1v) is 6.84. The Hall–Kier alpha value is -0.130. The van der Waals surface area contributed by atoms with Crippen molar-refractivity contribution in [3.8, 4) is 0 Å². The van der Waals surface area contributed by atoms with Crippen molar-refractivity contribution in [1.29, 1.82) is 0 Å². The normalized spacial score (nSPS) is 20.6. The highest BCUT2D eigenvalue weighted by molar-refractivity contribution is 9.10. The van der Waals surface area contributed by atoms with Crippen LogP contribution in [0.3, 0.4) is 0 Å². The Morgan fingerprint density at radius 2 is 2.31 bits per heavy atom. The van der Waals surface area contributed by atoms with Gasteiger partial charge in [-0.05, 0) is 28.4 Å². The molecule has 0 spiro atoms. The van der Waals surface area contributed by atoms with Crippen LogP contribution in [0.2, 0.25) is 5.15 Å². The molecule has 1 aromatic rings. The van der Waals surface area contributed by atoms with E-state index in [-0.39, 0.29) is 10.7 Å². The number of nitrogens with zero attached hydrogens (tertiary/aromatic N) is 2. The van der Waals surface area contributed by atoms with E-state index in [1.165, 1.54) is 0 Å². The van der Waals surface area contributed by atoms with Gasteiger partial charge in [0.05, 0.1) is 5.69 Å². The Morgan fingerprint density at radius 3 is 2.88 bits per heavy atom. The summed E-state index contributed by atoms with van der Waals surface area (Å²) in [5.74, 6) is 0.0757. The monoisotopic (exact) mass is 366 g/mol. The largest absolute Gasteiger partial charge is 0.308 e. The van der Waals surface area contributed by atoms with E-state index in [0.717, 1.165) is 10.0 Å². The lowest BCUT2D eigenvalue weighted by Gasteiger charge is -2.20. The van der Waals surface area contributed by atoms with Crippen LogP contribution in [0.1, 0.15) is 12.0 Å². The van der Waals surface area contributed by atoms with E-state index in [2.05, 4.69) is 36.8 Å². The number of aromatic nitrogens is 1. The molecule has 0 N–H and O–H groups in total. The number of carbonyl (C=O) groups is 1. The van der Waals surface area contributed by atoms with Gasteiger partial charge in [0.2, 0.25) is 5.91 Å². The van der Waals surface area contributed by atoms with Crippen molar-refractivity contribution >= 4 is 55.1 Å². The highest BCUT2D eigenvalue weighted by atomic mass is 79.9. The maximum absolute atomic E-state index is 11.8. The zero-order valence-corrected chi connectivity index (χ0v) is 12.4. The van der Waals surface area contributed by atoms with Crippen LogP contribution < -0.4 is 4.90 Å². The number of anilines is 1. The summed E-state index contributed by atoms with van der Waals surface area (Å²) < 4.78 is 0.859. The first-order valence-electron chi connectivity index (χ1n) is 4.75. The van der Waals surface area contributed by atoms with Crippen molar-refractivity contribution in [2.45, 2.75) is 18.2 Å². The van der Waals surface area contributed by atoms with E-state index in [1.807, 2.05) is 6.92 Å². The van der Waals surface area contributed by atoms with Crippen LogP contribution >= 0.6 is 43.5 Å². The lowest BCUT2D eigenvalue weighted by Crippen LogP contribution is -2.26. The lowest BCUT2D eigenvalue weighted by atomic mass is 10.2. The van der Waals surface area contributed by atoms with Crippen LogP contribution in [0.15, 0.2) is 10.7 Å². The highest BCUT2D eigenvalue weighted by Crippen LogP contribution is 2.35. The minimum Gasteiger partial charge on any atom is -0.308 e. The van der Waals surface area contributed by atoms with Gasteiger partial charge in [0.1, 0.15) is 0 Å². The molecule has 0 bridgehead atoms. The second-order valence-electron chi connectivity index (χ2n) is 3.68. The minimum absolute atomic E-state index is 0.0757. The van der Waals surface area contributed by atoms with E-state index < -0.39 is 0 Å². The quantitative estimate of drug-likeness (QED) is 0.563. The van der Waals surface area contributed by atoms with Crippen molar-refractivity contribution in [3.63, 3.8) is 0 Å². The summed E-state index contributed by atoms with van der Waals surface area (Å²) in [5.41, 5.74) is 1.65. The molecule has 1 saturated heterocycles. The zero-order valence-electron chi connectivity index (χ0n) is 8.51. The third-order valence-corrected chi connectivity index (χ3v) is 4.24. The maximum atomic E-state index is 11.8. The second-order valence-corrected chi connectivity index (χ2v) is 6.18. The number of rotatable bonds is 1. The molecule has 0 saturated carbocycles. The molecule has 1 aromatic heterocycles. The molecule has 1 aliphatic heterocycles. The summed E-state index contributed by atoms with van der Waals surface area (Å²) in [4.78, 5) is 17.7. The molecule has 1 unspecified atom stereocenters. The van der Waals surface area contributed by atoms with Crippen LogP contribution in [0, 0.1) is 6.92 Å². The fourth-order valence-corrected chi connectivity index (χ4v) is 2.88. The molecule has 1 fully saturated rings. The van der Waals surface area contributed by atoms with Gasteiger partial charge in [0.15, 0.2) is 5.15 Å². The average molecular weight is 368 g/mol. The highest BCUT2D eigenvalue weighted by Gasteiger charge is 2.31. The molecule has 3 nitrogen and oxygen atoms in total. The summed E-state index contributed by atoms with van der Waals surface area (Å²) >= 11 is 12.9. The van der Waals surface area contributed by atoms with Crippen molar-refractivity contribution in [2.75, 3.05) is 11.4 Å². The third kappa shape index (κ3) is 2.13. The Bertz CT molecular complexity index is 453. The number of hydrogen-bond donors (Lipinski definition) is 0. The fraction of sp³-hybridized carbons (Fsp3) is 0.400. The number of hydrogen-bond acceptors (Lipinski definition) is 2. The number of amides is 1. The van der Waals surface area contributed by atoms with E-state index in [4.69, 9.17) is 11.6 Å². The molecule has 2 rings (SSSR count). The van der Waals surface area contributed by atoms with Gasteiger partial charge in [-0.2, -0.15) is 0 Å². The third-order valence-electron chi connectivity index (χ3n) is 2.55. The zero-order chi connectivity index (χ0) is 11.9. The van der Waals surface area contributed by atoms with Crippen LogP contribution in [-0.2, 0) is 4.79 Å². The maximum Gasteiger partial charge on any atom is 0.228 e. The lowest BCUT2D eigenvalue weighted by molar-refractivity contribution is -0.117. The summed E-state index contributed by atoms with van der Waals surface area (Å²) in [6.07, 6.45) is 2.15. The van der Waals surface area contributed by atoms with E-state index in [0.29, 0.717) is 23.8 Å². The van der Waals surface area contributed by atoms with Gasteiger partial charge in [-0.25, -0.2) is 4.98 Å². The van der Waals surface area contributed by atoms with Crippen LogP contribution in [0.5, 0.6) is 0 Å². The summed E-state index contributed by atoms with van der Waals surface area (Å²) in [5, 5.41) is 0.371. The van der Waals surface area contributed by atoms with Crippen molar-refractivity contribution in [1.82, 2.24) is 4.98 Å². The Labute approximate surface area is 115 Å². The van der Waals surface area contributed by atoms with Gasteiger partial charge in [0, 0.05) is 28.5 Å². The molecule has 16 heavy (non-hydrogen) atoms. The number of halogens is 3. The topological polar surface area (TPSA) is 33.2 Å². The SMILES string of the molecule is Cc1c(Br)cnc(Cl)c1N1CC(Br)CC1=O. The summed E-state index contributed by atoms with van der Waals surface area (Å²) in [6.45, 7) is 2.55. The Kier molecular flexibility index (Phi) is 3.56. The number of carbonyl (C=O) groups excluding carboxylic acids is 1. The second kappa shape index (κ2) is 4.63. The molecule has 0 aliphatic carbocycles. The smallest absolute Gasteiger partial charge is 0.228 e. The van der Waals surface area contributed by atoms with Crippen LogP contribution in [0.4, 0.5) is 5.69 Å². The van der Waals surface area contributed by atoms with Gasteiger partial charge < -0.3 is 4.90 Å². The Balaban J connectivity index is 2.48. The number of pyridine rings is 1. The van der Waals surface area contributed by atoms with Crippen LogP contribution in [-0.4, -0.2) is 22.3 Å². The van der Waals surface area contributed by atoms with E-state index >= 15 is 0 Å². The van der Waals surface area contributed by atoms with Crippen molar-refractivity contribution in [2.24, 2.45) is 0 Å². The molecule has 0 aromatic carbocycles. The van der Waals surface area contributed by atoms with Gasteiger partial charge in [-0.15, -0.1) is 0 Å². The average Bonchev–Trinajstić information content (AvgIpc) is 2.53. The molecular formula is C10H9Br2ClN2O. The molecule has 1 aliphatic rings. The standard InChI is InChI=1S/C10H9Br2ClN2O/c1-5-7(12)3-14-10(13)9(5)15-4-6(11)2-8(15)16/h3,6H,2,4H2,1H3. The predicted molar refractivity (Wildman–Crippen MR) is 71.4 cm³/mol. The van der Waals surface area contributed by atoms with E-state index in [9.17, 15) is 4.79 Å².